The molecular formula is C22H24N4O3. The summed E-state index contributed by atoms with van der Waals surface area (Å²) in [7, 11) is 1.38. The van der Waals surface area contributed by atoms with E-state index in [1.807, 2.05) is 24.4 Å². The maximum absolute atomic E-state index is 11.7. The van der Waals surface area contributed by atoms with Crippen molar-refractivity contribution < 1.29 is 14.3 Å². The van der Waals surface area contributed by atoms with E-state index in [1.54, 1.807) is 10.7 Å². The van der Waals surface area contributed by atoms with Crippen molar-refractivity contribution in [3.63, 3.8) is 0 Å². The second-order valence-corrected chi connectivity index (χ2v) is 7.22. The SMILES string of the molecule is COC(=O)c1cccc(Cn2cc(C3OCCN3Cc3cccc(C)c3)nn2)c1. The summed E-state index contributed by atoms with van der Waals surface area (Å²) in [5.74, 6) is -0.350. The molecule has 1 fully saturated rings. The molecule has 29 heavy (non-hydrogen) atoms. The average molecular weight is 392 g/mol. The normalized spacial score (nSPS) is 16.8. The molecule has 1 saturated heterocycles. The van der Waals surface area contributed by atoms with E-state index in [2.05, 4.69) is 46.4 Å². The first kappa shape index (κ1) is 19.3. The van der Waals surface area contributed by atoms with Crippen LogP contribution in [0.4, 0.5) is 0 Å². The molecule has 1 aliphatic rings. The van der Waals surface area contributed by atoms with Crippen LogP contribution in [0.5, 0.6) is 0 Å². The molecule has 7 heteroatoms. The van der Waals surface area contributed by atoms with Crippen LogP contribution in [0.2, 0.25) is 0 Å². The van der Waals surface area contributed by atoms with Gasteiger partial charge in [0.05, 0.1) is 32.0 Å². The Labute approximate surface area is 169 Å². The Hall–Kier alpha value is -3.03. The predicted octanol–water partition coefficient (Wildman–Crippen LogP) is 2.95. The molecule has 2 heterocycles. The molecule has 0 bridgehead atoms. The molecule has 4 rings (SSSR count). The molecule has 1 atom stereocenters. The van der Waals surface area contributed by atoms with Crippen LogP contribution in [0.25, 0.3) is 0 Å². The Bertz CT molecular complexity index is 1000. The van der Waals surface area contributed by atoms with Crippen LogP contribution in [-0.2, 0) is 22.6 Å². The summed E-state index contributed by atoms with van der Waals surface area (Å²) < 4.78 is 12.5. The van der Waals surface area contributed by atoms with Gasteiger partial charge >= 0.3 is 5.97 Å². The summed E-state index contributed by atoms with van der Waals surface area (Å²) in [6.45, 7) is 4.95. The summed E-state index contributed by atoms with van der Waals surface area (Å²) >= 11 is 0. The molecule has 0 amide bonds. The number of esters is 1. The maximum Gasteiger partial charge on any atom is 0.337 e. The molecule has 3 aromatic rings. The minimum absolute atomic E-state index is 0.203. The Kier molecular flexibility index (Phi) is 5.69. The number of benzene rings is 2. The van der Waals surface area contributed by atoms with Gasteiger partial charge in [0.25, 0.3) is 0 Å². The largest absolute Gasteiger partial charge is 0.465 e. The fourth-order valence-corrected chi connectivity index (χ4v) is 3.59. The molecule has 0 radical (unpaired) electrons. The monoisotopic (exact) mass is 392 g/mol. The van der Waals surface area contributed by atoms with E-state index < -0.39 is 0 Å². The Morgan fingerprint density at radius 1 is 1.17 bits per heavy atom. The van der Waals surface area contributed by atoms with Crippen molar-refractivity contribution in [3.8, 4) is 0 Å². The van der Waals surface area contributed by atoms with E-state index in [4.69, 9.17) is 9.47 Å². The van der Waals surface area contributed by atoms with E-state index >= 15 is 0 Å². The number of nitrogens with zero attached hydrogens (tertiary/aromatic N) is 4. The number of rotatable bonds is 6. The van der Waals surface area contributed by atoms with Gasteiger partial charge in [-0.2, -0.15) is 0 Å². The number of ether oxygens (including phenoxy) is 2. The highest BCUT2D eigenvalue weighted by atomic mass is 16.5. The molecule has 1 aliphatic heterocycles. The molecule has 0 spiro atoms. The lowest BCUT2D eigenvalue weighted by atomic mass is 10.1. The number of aryl methyl sites for hydroxylation is 1. The van der Waals surface area contributed by atoms with Crippen molar-refractivity contribution in [2.24, 2.45) is 0 Å². The van der Waals surface area contributed by atoms with Crippen LogP contribution in [0.15, 0.2) is 54.7 Å². The van der Waals surface area contributed by atoms with E-state index in [9.17, 15) is 4.79 Å². The minimum Gasteiger partial charge on any atom is -0.465 e. The van der Waals surface area contributed by atoms with Crippen LogP contribution in [-0.4, -0.2) is 46.1 Å². The van der Waals surface area contributed by atoms with Crippen molar-refractivity contribution in [3.05, 3.63) is 82.7 Å². The zero-order valence-electron chi connectivity index (χ0n) is 16.6. The van der Waals surface area contributed by atoms with Gasteiger partial charge in [-0.25, -0.2) is 9.48 Å². The van der Waals surface area contributed by atoms with Gasteiger partial charge in [0, 0.05) is 13.1 Å². The summed E-state index contributed by atoms with van der Waals surface area (Å²) in [5, 5.41) is 8.58. The van der Waals surface area contributed by atoms with Gasteiger partial charge in [-0.1, -0.05) is 47.2 Å². The molecule has 0 saturated carbocycles. The van der Waals surface area contributed by atoms with Gasteiger partial charge in [-0.3, -0.25) is 4.90 Å². The molecule has 0 N–H and O–H groups in total. The predicted molar refractivity (Wildman–Crippen MR) is 107 cm³/mol. The summed E-state index contributed by atoms with van der Waals surface area (Å²) in [6.07, 6.45) is 1.70. The summed E-state index contributed by atoms with van der Waals surface area (Å²) in [4.78, 5) is 14.0. The zero-order chi connectivity index (χ0) is 20.2. The van der Waals surface area contributed by atoms with Crippen molar-refractivity contribution in [2.75, 3.05) is 20.3 Å². The highest BCUT2D eigenvalue weighted by molar-refractivity contribution is 5.89. The smallest absolute Gasteiger partial charge is 0.337 e. The summed E-state index contributed by atoms with van der Waals surface area (Å²) in [6, 6.07) is 15.8. The molecular weight excluding hydrogens is 368 g/mol. The lowest BCUT2D eigenvalue weighted by Crippen LogP contribution is -2.23. The minimum atomic E-state index is -0.350. The Balaban J connectivity index is 1.46. The highest BCUT2D eigenvalue weighted by Crippen LogP contribution is 2.27. The third-order valence-corrected chi connectivity index (χ3v) is 4.96. The fraction of sp³-hybridized carbons (Fsp3) is 0.318. The first-order valence-electron chi connectivity index (χ1n) is 9.61. The number of methoxy groups -OCH3 is 1. The van der Waals surface area contributed by atoms with Crippen LogP contribution in [0, 0.1) is 6.92 Å². The van der Waals surface area contributed by atoms with Crippen molar-refractivity contribution in [1.29, 1.82) is 0 Å². The van der Waals surface area contributed by atoms with Crippen LogP contribution in [0.3, 0.4) is 0 Å². The highest BCUT2D eigenvalue weighted by Gasteiger charge is 2.29. The quantitative estimate of drug-likeness (QED) is 0.601. The van der Waals surface area contributed by atoms with Crippen LogP contribution >= 0.6 is 0 Å². The molecule has 1 aromatic heterocycles. The molecule has 7 nitrogen and oxygen atoms in total. The van der Waals surface area contributed by atoms with E-state index in [-0.39, 0.29) is 12.2 Å². The molecule has 0 aliphatic carbocycles. The van der Waals surface area contributed by atoms with Gasteiger partial charge in [-0.15, -0.1) is 5.10 Å². The summed E-state index contributed by atoms with van der Waals surface area (Å²) in [5.41, 5.74) is 4.77. The van der Waals surface area contributed by atoms with Gasteiger partial charge in [-0.05, 0) is 30.2 Å². The number of hydrogen-bond acceptors (Lipinski definition) is 6. The van der Waals surface area contributed by atoms with Crippen molar-refractivity contribution >= 4 is 5.97 Å². The fourth-order valence-electron chi connectivity index (χ4n) is 3.59. The zero-order valence-corrected chi connectivity index (χ0v) is 16.6. The topological polar surface area (TPSA) is 69.5 Å². The third kappa shape index (κ3) is 4.52. The number of aromatic nitrogens is 3. The first-order chi connectivity index (χ1) is 14.1. The van der Waals surface area contributed by atoms with E-state index in [1.165, 1.54) is 18.2 Å². The van der Waals surface area contributed by atoms with E-state index in [0.717, 1.165) is 24.3 Å². The van der Waals surface area contributed by atoms with Gasteiger partial charge in [0.15, 0.2) is 6.23 Å². The number of carbonyl (C=O) groups is 1. The molecule has 1 unspecified atom stereocenters. The second-order valence-electron chi connectivity index (χ2n) is 7.22. The maximum atomic E-state index is 11.7. The lowest BCUT2D eigenvalue weighted by molar-refractivity contribution is 0.0252. The molecule has 2 aromatic carbocycles. The second kappa shape index (κ2) is 8.55. The average Bonchev–Trinajstić information content (AvgIpc) is 3.37. The van der Waals surface area contributed by atoms with Crippen LogP contribution in [0.1, 0.15) is 39.0 Å². The lowest BCUT2D eigenvalue weighted by Gasteiger charge is -2.21. The van der Waals surface area contributed by atoms with Crippen molar-refractivity contribution in [2.45, 2.75) is 26.2 Å². The number of hydrogen-bond donors (Lipinski definition) is 0. The first-order valence-corrected chi connectivity index (χ1v) is 9.61. The van der Waals surface area contributed by atoms with Crippen molar-refractivity contribution in [1.82, 2.24) is 19.9 Å². The van der Waals surface area contributed by atoms with Gasteiger partial charge in [0.2, 0.25) is 0 Å². The van der Waals surface area contributed by atoms with Gasteiger partial charge < -0.3 is 9.47 Å². The Morgan fingerprint density at radius 3 is 2.76 bits per heavy atom. The van der Waals surface area contributed by atoms with Crippen LogP contribution < -0.4 is 0 Å². The Morgan fingerprint density at radius 2 is 1.97 bits per heavy atom. The number of carbonyl (C=O) groups excluding carboxylic acids is 1. The standard InChI is InChI=1S/C22H24N4O3/c1-16-5-3-6-17(11-16)13-25-9-10-29-21(25)20-15-26(24-23-20)14-18-7-4-8-19(12-18)22(27)28-2/h3-8,11-12,15,21H,9-10,13-14H2,1-2H3. The molecule has 150 valence electrons. The van der Waals surface area contributed by atoms with E-state index in [0.29, 0.717) is 18.7 Å². The third-order valence-electron chi connectivity index (χ3n) is 4.96. The van der Waals surface area contributed by atoms with Gasteiger partial charge in [0.1, 0.15) is 5.69 Å².